The van der Waals surface area contributed by atoms with Crippen molar-refractivity contribution < 1.29 is 9.47 Å². The summed E-state index contributed by atoms with van der Waals surface area (Å²) < 4.78 is 10.6. The molecule has 3 aromatic rings. The number of fused-ring (bicyclic) bond motifs is 1. The predicted molar refractivity (Wildman–Crippen MR) is 89.4 cm³/mol. The Morgan fingerprint density at radius 3 is 2.23 bits per heavy atom. The summed E-state index contributed by atoms with van der Waals surface area (Å²) in [5.41, 5.74) is 9.00. The van der Waals surface area contributed by atoms with Crippen LogP contribution in [0.3, 0.4) is 0 Å². The van der Waals surface area contributed by atoms with E-state index in [0.717, 1.165) is 39.1 Å². The third kappa shape index (κ3) is 2.55. The second-order valence-electron chi connectivity index (χ2n) is 5.22. The van der Waals surface area contributed by atoms with Gasteiger partial charge in [-0.1, -0.05) is 17.7 Å². The summed E-state index contributed by atoms with van der Waals surface area (Å²) in [6.07, 6.45) is 0. The molecule has 0 saturated heterocycles. The van der Waals surface area contributed by atoms with Crippen molar-refractivity contribution in [2.24, 2.45) is 0 Å². The van der Waals surface area contributed by atoms with Gasteiger partial charge in [0.15, 0.2) is 0 Å². The van der Waals surface area contributed by atoms with Crippen molar-refractivity contribution in [1.29, 1.82) is 0 Å². The van der Waals surface area contributed by atoms with Crippen LogP contribution in [0.5, 0.6) is 11.5 Å². The average Bonchev–Trinajstić information content (AvgIpc) is 2.54. The highest BCUT2D eigenvalue weighted by molar-refractivity contribution is 5.94. The van der Waals surface area contributed by atoms with Crippen molar-refractivity contribution in [3.05, 3.63) is 48.0 Å². The van der Waals surface area contributed by atoms with E-state index in [1.165, 1.54) is 0 Å². The monoisotopic (exact) mass is 294 g/mol. The fourth-order valence-electron chi connectivity index (χ4n) is 2.49. The number of pyridine rings is 1. The van der Waals surface area contributed by atoms with Crippen LogP contribution in [0.4, 0.5) is 5.82 Å². The summed E-state index contributed by atoms with van der Waals surface area (Å²) in [6, 6.07) is 13.9. The number of nitrogen functional groups attached to an aromatic ring is 1. The van der Waals surface area contributed by atoms with E-state index in [0.29, 0.717) is 5.82 Å². The lowest BCUT2D eigenvalue weighted by molar-refractivity contribution is 0.394. The molecule has 4 heteroatoms. The molecule has 22 heavy (non-hydrogen) atoms. The van der Waals surface area contributed by atoms with Gasteiger partial charge in [0.2, 0.25) is 0 Å². The molecule has 0 aliphatic carbocycles. The molecule has 2 N–H and O–H groups in total. The summed E-state index contributed by atoms with van der Waals surface area (Å²) in [7, 11) is 3.26. The van der Waals surface area contributed by atoms with Crippen molar-refractivity contribution in [2.45, 2.75) is 6.92 Å². The molecular weight excluding hydrogens is 276 g/mol. The standard InChI is InChI=1S/C18H18N2O2/c1-11-4-5-12-9-17(20-18(19)16(12)6-11)13-7-14(21-2)10-15(8-13)22-3/h4-10H,1-3H3,(H2,19,20). The average molecular weight is 294 g/mol. The van der Waals surface area contributed by atoms with Crippen LogP contribution in [0.15, 0.2) is 42.5 Å². The van der Waals surface area contributed by atoms with E-state index >= 15 is 0 Å². The Labute approximate surface area is 129 Å². The first-order valence-corrected chi connectivity index (χ1v) is 7.01. The van der Waals surface area contributed by atoms with E-state index in [9.17, 15) is 0 Å². The molecule has 0 bridgehead atoms. The Hall–Kier alpha value is -2.75. The molecule has 1 heterocycles. The quantitative estimate of drug-likeness (QED) is 0.798. The number of methoxy groups -OCH3 is 2. The first kappa shape index (κ1) is 14.2. The highest BCUT2D eigenvalue weighted by Crippen LogP contribution is 2.32. The zero-order valence-electron chi connectivity index (χ0n) is 12.9. The normalized spacial score (nSPS) is 10.7. The molecule has 0 atom stereocenters. The highest BCUT2D eigenvalue weighted by Gasteiger charge is 2.09. The Kier molecular flexibility index (Phi) is 3.59. The molecule has 4 nitrogen and oxygen atoms in total. The molecule has 3 rings (SSSR count). The largest absolute Gasteiger partial charge is 0.497 e. The van der Waals surface area contributed by atoms with Gasteiger partial charge >= 0.3 is 0 Å². The molecule has 0 saturated carbocycles. The van der Waals surface area contributed by atoms with Gasteiger partial charge in [-0.15, -0.1) is 0 Å². The first-order valence-electron chi connectivity index (χ1n) is 7.01. The maximum absolute atomic E-state index is 6.13. The second-order valence-corrected chi connectivity index (χ2v) is 5.22. The lowest BCUT2D eigenvalue weighted by atomic mass is 10.0. The lowest BCUT2D eigenvalue weighted by Gasteiger charge is -2.10. The van der Waals surface area contributed by atoms with Crippen LogP contribution in [0.2, 0.25) is 0 Å². The number of hydrogen-bond donors (Lipinski definition) is 1. The summed E-state index contributed by atoms with van der Waals surface area (Å²) in [5, 5.41) is 2.04. The topological polar surface area (TPSA) is 57.4 Å². The van der Waals surface area contributed by atoms with Gasteiger partial charge < -0.3 is 15.2 Å². The summed E-state index contributed by atoms with van der Waals surface area (Å²) in [6.45, 7) is 2.04. The van der Waals surface area contributed by atoms with E-state index in [1.807, 2.05) is 37.3 Å². The van der Waals surface area contributed by atoms with Crippen LogP contribution in [0.1, 0.15) is 5.56 Å². The number of ether oxygens (including phenoxy) is 2. The zero-order valence-corrected chi connectivity index (χ0v) is 12.9. The van der Waals surface area contributed by atoms with Crippen LogP contribution in [-0.2, 0) is 0 Å². The van der Waals surface area contributed by atoms with Crippen molar-refractivity contribution in [1.82, 2.24) is 4.98 Å². The molecule has 0 amide bonds. The van der Waals surface area contributed by atoms with Crippen LogP contribution >= 0.6 is 0 Å². The fourth-order valence-corrected chi connectivity index (χ4v) is 2.49. The van der Waals surface area contributed by atoms with Gasteiger partial charge in [-0.05, 0) is 36.6 Å². The zero-order chi connectivity index (χ0) is 15.7. The van der Waals surface area contributed by atoms with E-state index in [2.05, 4.69) is 17.1 Å². The van der Waals surface area contributed by atoms with Crippen molar-refractivity contribution in [2.75, 3.05) is 20.0 Å². The molecule has 0 radical (unpaired) electrons. The number of aromatic nitrogens is 1. The minimum Gasteiger partial charge on any atom is -0.497 e. The third-order valence-electron chi connectivity index (χ3n) is 3.67. The number of benzene rings is 2. The fraction of sp³-hybridized carbons (Fsp3) is 0.167. The third-order valence-corrected chi connectivity index (χ3v) is 3.67. The van der Waals surface area contributed by atoms with Gasteiger partial charge in [0, 0.05) is 17.0 Å². The van der Waals surface area contributed by atoms with Gasteiger partial charge in [0.1, 0.15) is 17.3 Å². The summed E-state index contributed by atoms with van der Waals surface area (Å²) >= 11 is 0. The number of aryl methyl sites for hydroxylation is 1. The summed E-state index contributed by atoms with van der Waals surface area (Å²) in [4.78, 5) is 4.53. The maximum Gasteiger partial charge on any atom is 0.131 e. The Bertz CT molecular complexity index is 822. The van der Waals surface area contributed by atoms with Crippen LogP contribution in [0, 0.1) is 6.92 Å². The van der Waals surface area contributed by atoms with E-state index < -0.39 is 0 Å². The van der Waals surface area contributed by atoms with Crippen LogP contribution in [-0.4, -0.2) is 19.2 Å². The molecule has 1 aromatic heterocycles. The van der Waals surface area contributed by atoms with Crippen molar-refractivity contribution >= 4 is 16.6 Å². The van der Waals surface area contributed by atoms with Crippen LogP contribution < -0.4 is 15.2 Å². The number of anilines is 1. The Balaban J connectivity index is 2.20. The highest BCUT2D eigenvalue weighted by atomic mass is 16.5. The predicted octanol–water partition coefficient (Wildman–Crippen LogP) is 3.81. The Morgan fingerprint density at radius 2 is 1.59 bits per heavy atom. The maximum atomic E-state index is 6.13. The summed E-state index contributed by atoms with van der Waals surface area (Å²) in [5.74, 6) is 1.97. The molecule has 0 fully saturated rings. The van der Waals surface area contributed by atoms with Crippen LogP contribution in [0.25, 0.3) is 22.0 Å². The first-order chi connectivity index (χ1) is 10.6. The van der Waals surface area contributed by atoms with E-state index in [-0.39, 0.29) is 0 Å². The molecule has 2 aromatic carbocycles. The number of nitrogens with two attached hydrogens (primary N) is 1. The van der Waals surface area contributed by atoms with Gasteiger partial charge in [0.05, 0.1) is 19.9 Å². The molecule has 0 unspecified atom stereocenters. The molecule has 0 aliphatic heterocycles. The second kappa shape index (κ2) is 5.56. The van der Waals surface area contributed by atoms with Gasteiger partial charge in [-0.3, -0.25) is 0 Å². The minimum atomic E-state index is 0.526. The SMILES string of the molecule is COc1cc(OC)cc(-c2cc3ccc(C)cc3c(N)n2)c1. The molecule has 0 spiro atoms. The molecule has 0 aliphatic rings. The molecular formula is C18H18N2O2. The number of nitrogens with zero attached hydrogens (tertiary/aromatic N) is 1. The van der Waals surface area contributed by atoms with Gasteiger partial charge in [0.25, 0.3) is 0 Å². The van der Waals surface area contributed by atoms with Gasteiger partial charge in [-0.2, -0.15) is 0 Å². The number of rotatable bonds is 3. The van der Waals surface area contributed by atoms with Crippen molar-refractivity contribution in [3.8, 4) is 22.8 Å². The lowest BCUT2D eigenvalue weighted by Crippen LogP contribution is -1.96. The van der Waals surface area contributed by atoms with E-state index in [1.54, 1.807) is 14.2 Å². The van der Waals surface area contributed by atoms with Gasteiger partial charge in [-0.25, -0.2) is 4.98 Å². The Morgan fingerprint density at radius 1 is 0.909 bits per heavy atom. The number of hydrogen-bond acceptors (Lipinski definition) is 4. The minimum absolute atomic E-state index is 0.526. The smallest absolute Gasteiger partial charge is 0.131 e. The van der Waals surface area contributed by atoms with Crippen molar-refractivity contribution in [3.63, 3.8) is 0 Å². The molecule has 112 valence electrons. The van der Waals surface area contributed by atoms with E-state index in [4.69, 9.17) is 15.2 Å².